The fourth-order valence-corrected chi connectivity index (χ4v) is 3.44. The summed E-state index contributed by atoms with van der Waals surface area (Å²) in [6, 6.07) is 10.8. The Bertz CT molecular complexity index is 417. The van der Waals surface area contributed by atoms with Crippen molar-refractivity contribution >= 4 is 5.91 Å². The van der Waals surface area contributed by atoms with Crippen molar-refractivity contribution in [3.63, 3.8) is 0 Å². The van der Waals surface area contributed by atoms with Crippen molar-refractivity contribution in [1.29, 1.82) is 0 Å². The Hall–Kier alpha value is -1.35. The summed E-state index contributed by atoms with van der Waals surface area (Å²) in [6.45, 7) is 5.14. The highest BCUT2D eigenvalue weighted by Crippen LogP contribution is 2.30. The van der Waals surface area contributed by atoms with Crippen molar-refractivity contribution in [3.05, 3.63) is 35.9 Å². The molecule has 0 N–H and O–H groups in total. The summed E-state index contributed by atoms with van der Waals surface area (Å²) in [6.07, 6.45) is 2.49. The number of hydrogen-bond donors (Lipinski definition) is 0. The molecule has 3 rings (SSSR count). The predicted molar refractivity (Wildman–Crippen MR) is 71.5 cm³/mol. The number of carbonyl (C=O) groups is 1. The molecule has 1 aromatic carbocycles. The molecule has 2 unspecified atom stereocenters. The lowest BCUT2D eigenvalue weighted by Gasteiger charge is -2.40. The molecule has 2 fully saturated rings. The average molecular weight is 244 g/mol. The van der Waals surface area contributed by atoms with Gasteiger partial charge < -0.3 is 4.90 Å². The van der Waals surface area contributed by atoms with Crippen molar-refractivity contribution in [2.75, 3.05) is 19.6 Å². The van der Waals surface area contributed by atoms with Gasteiger partial charge in [-0.05, 0) is 31.5 Å². The first kappa shape index (κ1) is 11.7. The maximum Gasteiger partial charge on any atom is 0.253 e. The van der Waals surface area contributed by atoms with E-state index in [0.717, 1.165) is 25.2 Å². The molecule has 3 heteroatoms. The van der Waals surface area contributed by atoms with E-state index in [-0.39, 0.29) is 5.91 Å². The van der Waals surface area contributed by atoms with Crippen LogP contribution in [0.5, 0.6) is 0 Å². The van der Waals surface area contributed by atoms with Crippen molar-refractivity contribution in [2.45, 2.75) is 31.8 Å². The molecule has 0 aliphatic carbocycles. The largest absolute Gasteiger partial charge is 0.336 e. The SMILES string of the molecule is CCN1C2CCC1CN(C(=O)c1ccccc1)C2. The van der Waals surface area contributed by atoms with Gasteiger partial charge in [0.15, 0.2) is 0 Å². The summed E-state index contributed by atoms with van der Waals surface area (Å²) in [5.74, 6) is 0.197. The third-order valence-corrected chi connectivity index (χ3v) is 4.31. The van der Waals surface area contributed by atoms with Crippen LogP contribution in [0.4, 0.5) is 0 Å². The van der Waals surface area contributed by atoms with Crippen LogP contribution in [0, 0.1) is 0 Å². The van der Waals surface area contributed by atoms with Crippen LogP contribution >= 0.6 is 0 Å². The molecule has 2 aliphatic rings. The summed E-state index contributed by atoms with van der Waals surface area (Å²) in [5, 5.41) is 0. The van der Waals surface area contributed by atoms with Gasteiger partial charge in [0.05, 0.1) is 0 Å². The van der Waals surface area contributed by atoms with E-state index in [0.29, 0.717) is 12.1 Å². The third kappa shape index (κ3) is 1.93. The first-order valence-electron chi connectivity index (χ1n) is 6.89. The van der Waals surface area contributed by atoms with E-state index >= 15 is 0 Å². The number of likely N-dealkylation sites (tertiary alicyclic amines) is 1. The van der Waals surface area contributed by atoms with Gasteiger partial charge in [-0.15, -0.1) is 0 Å². The second kappa shape index (κ2) is 4.73. The second-order valence-corrected chi connectivity index (χ2v) is 5.29. The van der Waals surface area contributed by atoms with Gasteiger partial charge in [0.2, 0.25) is 0 Å². The minimum absolute atomic E-state index is 0.197. The van der Waals surface area contributed by atoms with E-state index in [9.17, 15) is 4.79 Å². The van der Waals surface area contributed by atoms with Crippen molar-refractivity contribution in [3.8, 4) is 0 Å². The number of benzene rings is 1. The molecule has 2 atom stereocenters. The molecule has 0 saturated carbocycles. The summed E-state index contributed by atoms with van der Waals surface area (Å²) in [5.41, 5.74) is 0.821. The van der Waals surface area contributed by atoms with E-state index in [2.05, 4.69) is 11.8 Å². The zero-order chi connectivity index (χ0) is 12.5. The maximum atomic E-state index is 12.4. The van der Waals surface area contributed by atoms with Crippen LogP contribution in [0.1, 0.15) is 30.1 Å². The standard InChI is InChI=1S/C15H20N2O/c1-2-17-13-8-9-14(17)11-16(10-13)15(18)12-6-4-3-5-7-12/h3-7,13-14H,2,8-11H2,1H3. The second-order valence-electron chi connectivity index (χ2n) is 5.29. The Balaban J connectivity index is 1.75. The molecule has 2 heterocycles. The van der Waals surface area contributed by atoms with Gasteiger partial charge in [0.1, 0.15) is 0 Å². The minimum atomic E-state index is 0.197. The molecule has 0 spiro atoms. The highest BCUT2D eigenvalue weighted by atomic mass is 16.2. The zero-order valence-corrected chi connectivity index (χ0v) is 10.9. The Kier molecular flexibility index (Phi) is 3.08. The molecule has 3 nitrogen and oxygen atoms in total. The lowest BCUT2D eigenvalue weighted by molar-refractivity contribution is 0.0466. The highest BCUT2D eigenvalue weighted by molar-refractivity contribution is 5.94. The fraction of sp³-hybridized carbons (Fsp3) is 0.533. The number of nitrogens with zero attached hydrogens (tertiary/aromatic N) is 2. The average Bonchev–Trinajstić information content (AvgIpc) is 2.67. The molecule has 1 amide bonds. The minimum Gasteiger partial charge on any atom is -0.336 e. The smallest absolute Gasteiger partial charge is 0.253 e. The Morgan fingerprint density at radius 1 is 1.17 bits per heavy atom. The van der Waals surface area contributed by atoms with Crippen molar-refractivity contribution < 1.29 is 4.79 Å². The van der Waals surface area contributed by atoms with Crippen LogP contribution in [0.3, 0.4) is 0 Å². The molecule has 2 aliphatic heterocycles. The molecule has 2 bridgehead atoms. The van der Waals surface area contributed by atoms with Crippen LogP contribution in [0.15, 0.2) is 30.3 Å². The summed E-state index contributed by atoms with van der Waals surface area (Å²) >= 11 is 0. The first-order valence-corrected chi connectivity index (χ1v) is 6.89. The first-order chi connectivity index (χ1) is 8.79. The van der Waals surface area contributed by atoms with Crippen molar-refractivity contribution in [2.24, 2.45) is 0 Å². The summed E-state index contributed by atoms with van der Waals surface area (Å²) in [7, 11) is 0. The third-order valence-electron chi connectivity index (χ3n) is 4.31. The molecule has 96 valence electrons. The van der Waals surface area contributed by atoms with Gasteiger partial charge in [-0.3, -0.25) is 9.69 Å². The Morgan fingerprint density at radius 3 is 2.33 bits per heavy atom. The Morgan fingerprint density at radius 2 is 1.78 bits per heavy atom. The number of likely N-dealkylation sites (N-methyl/N-ethyl adjacent to an activating group) is 1. The van der Waals surface area contributed by atoms with Crippen molar-refractivity contribution in [1.82, 2.24) is 9.80 Å². The Labute approximate surface area is 108 Å². The number of carbonyl (C=O) groups excluding carboxylic acids is 1. The number of hydrogen-bond acceptors (Lipinski definition) is 2. The normalized spacial score (nSPS) is 27.5. The van der Waals surface area contributed by atoms with Crippen LogP contribution in [-0.4, -0.2) is 47.4 Å². The zero-order valence-electron chi connectivity index (χ0n) is 10.9. The molecule has 18 heavy (non-hydrogen) atoms. The number of rotatable bonds is 2. The maximum absolute atomic E-state index is 12.4. The number of fused-ring (bicyclic) bond motifs is 2. The number of piperazine rings is 1. The summed E-state index contributed by atoms with van der Waals surface area (Å²) < 4.78 is 0. The monoisotopic (exact) mass is 244 g/mol. The highest BCUT2D eigenvalue weighted by Gasteiger charge is 2.40. The van der Waals surface area contributed by atoms with Crippen LogP contribution < -0.4 is 0 Å². The van der Waals surface area contributed by atoms with Crippen LogP contribution in [-0.2, 0) is 0 Å². The van der Waals surface area contributed by atoms with Gasteiger partial charge in [-0.25, -0.2) is 0 Å². The van der Waals surface area contributed by atoms with Gasteiger partial charge in [0, 0.05) is 30.7 Å². The lowest BCUT2D eigenvalue weighted by atomic mass is 10.1. The molecule has 0 radical (unpaired) electrons. The number of amides is 1. The van der Waals surface area contributed by atoms with Crippen LogP contribution in [0.25, 0.3) is 0 Å². The van der Waals surface area contributed by atoms with E-state index in [1.54, 1.807) is 0 Å². The topological polar surface area (TPSA) is 23.6 Å². The molecule has 2 saturated heterocycles. The van der Waals surface area contributed by atoms with Gasteiger partial charge in [-0.1, -0.05) is 25.1 Å². The summed E-state index contributed by atoms with van der Waals surface area (Å²) in [4.78, 5) is 17.0. The van der Waals surface area contributed by atoms with E-state index in [1.807, 2.05) is 35.2 Å². The van der Waals surface area contributed by atoms with Crippen LogP contribution in [0.2, 0.25) is 0 Å². The quantitative estimate of drug-likeness (QED) is 0.794. The molecular formula is C15H20N2O. The molecular weight excluding hydrogens is 224 g/mol. The molecule has 1 aromatic rings. The van der Waals surface area contributed by atoms with E-state index in [4.69, 9.17) is 0 Å². The van der Waals surface area contributed by atoms with Gasteiger partial charge in [-0.2, -0.15) is 0 Å². The molecule has 0 aromatic heterocycles. The van der Waals surface area contributed by atoms with Gasteiger partial charge >= 0.3 is 0 Å². The van der Waals surface area contributed by atoms with E-state index in [1.165, 1.54) is 12.8 Å². The lowest BCUT2D eigenvalue weighted by Crippen LogP contribution is -2.55. The van der Waals surface area contributed by atoms with Gasteiger partial charge in [0.25, 0.3) is 5.91 Å². The predicted octanol–water partition coefficient (Wildman–Crippen LogP) is 2.00. The van der Waals surface area contributed by atoms with E-state index < -0.39 is 0 Å². The fourth-order valence-electron chi connectivity index (χ4n) is 3.44.